The van der Waals surface area contributed by atoms with Gasteiger partial charge in [0.25, 0.3) is 0 Å². The molecule has 6 nitrogen and oxygen atoms in total. The molecule has 0 atom stereocenters. The molecule has 0 aliphatic carbocycles. The van der Waals surface area contributed by atoms with E-state index in [-0.39, 0.29) is 0 Å². The van der Waals surface area contributed by atoms with E-state index in [2.05, 4.69) is 91.0 Å². The number of benzene rings is 8. The third-order valence-corrected chi connectivity index (χ3v) is 10.8. The number of hydrogen-bond acceptors (Lipinski definition) is 6. The molecule has 2 aromatic heterocycles. The van der Waals surface area contributed by atoms with Crippen LogP contribution in [0.25, 0.3) is 101 Å². The van der Waals surface area contributed by atoms with Gasteiger partial charge in [-0.3, -0.25) is 0 Å². The first-order valence-corrected chi connectivity index (χ1v) is 20.4. The highest BCUT2D eigenvalue weighted by atomic mass is 15.0. The molecule has 0 spiro atoms. The van der Waals surface area contributed by atoms with Crippen molar-refractivity contribution in [3.63, 3.8) is 0 Å². The fourth-order valence-corrected chi connectivity index (χ4v) is 7.89. The van der Waals surface area contributed by atoms with E-state index in [1.54, 1.807) is 0 Å². The minimum atomic E-state index is 0.586. The molecular weight excluding hydrogens is 757 g/mol. The lowest BCUT2D eigenvalue weighted by atomic mass is 9.88. The standard InChI is InChI=1S/C56H36N6/c57-37-38-19-18-26-42(35-38)43-27-10-15-32-48(43)51-36-52(59-53(58-51)39-20-4-1-5-21-39)49-33-16-13-30-46(49)44-28-11-12-29-45(44)47-31-14-17-34-50(47)56-61-54(40-22-6-2-7-23-40)60-55(62-56)41-24-8-3-9-25-41/h1-36H. The summed E-state index contributed by atoms with van der Waals surface area (Å²) in [6.07, 6.45) is 0. The molecule has 0 amide bonds. The maximum atomic E-state index is 9.73. The first-order valence-electron chi connectivity index (χ1n) is 20.4. The van der Waals surface area contributed by atoms with E-state index >= 15 is 0 Å². The summed E-state index contributed by atoms with van der Waals surface area (Å²) in [5, 5.41) is 9.73. The van der Waals surface area contributed by atoms with Gasteiger partial charge < -0.3 is 0 Å². The van der Waals surface area contributed by atoms with E-state index in [9.17, 15) is 5.26 Å². The van der Waals surface area contributed by atoms with Gasteiger partial charge >= 0.3 is 0 Å². The zero-order chi connectivity index (χ0) is 41.7. The zero-order valence-corrected chi connectivity index (χ0v) is 33.5. The van der Waals surface area contributed by atoms with Crippen LogP contribution in [0.3, 0.4) is 0 Å². The van der Waals surface area contributed by atoms with Crippen LogP contribution < -0.4 is 0 Å². The molecule has 0 N–H and O–H groups in total. The molecule has 10 rings (SSSR count). The third-order valence-electron chi connectivity index (χ3n) is 10.8. The summed E-state index contributed by atoms with van der Waals surface area (Å²) in [6, 6.07) is 75.7. The van der Waals surface area contributed by atoms with Gasteiger partial charge in [0.05, 0.1) is 23.0 Å². The molecule has 2 heterocycles. The van der Waals surface area contributed by atoms with Crippen LogP contribution in [0.4, 0.5) is 0 Å². The molecule has 0 radical (unpaired) electrons. The summed E-state index contributed by atoms with van der Waals surface area (Å²) in [6.45, 7) is 0. The lowest BCUT2D eigenvalue weighted by molar-refractivity contribution is 1.07. The number of nitrogens with zero attached hydrogens (tertiary/aromatic N) is 6. The molecule has 0 fully saturated rings. The van der Waals surface area contributed by atoms with E-state index in [1.807, 2.05) is 133 Å². The van der Waals surface area contributed by atoms with Crippen molar-refractivity contribution in [1.82, 2.24) is 24.9 Å². The Balaban J connectivity index is 1.15. The average Bonchev–Trinajstić information content (AvgIpc) is 3.37. The van der Waals surface area contributed by atoms with Gasteiger partial charge in [-0.05, 0) is 51.6 Å². The molecule has 0 saturated heterocycles. The van der Waals surface area contributed by atoms with Crippen molar-refractivity contribution < 1.29 is 0 Å². The number of rotatable bonds is 9. The number of nitriles is 1. The smallest absolute Gasteiger partial charge is 0.164 e. The fourth-order valence-electron chi connectivity index (χ4n) is 7.89. The summed E-state index contributed by atoms with van der Waals surface area (Å²) < 4.78 is 0. The first-order chi connectivity index (χ1) is 30.7. The molecule has 62 heavy (non-hydrogen) atoms. The second-order valence-electron chi connectivity index (χ2n) is 14.7. The zero-order valence-electron chi connectivity index (χ0n) is 33.5. The Morgan fingerprint density at radius 3 is 1.08 bits per heavy atom. The molecule has 290 valence electrons. The monoisotopic (exact) mass is 792 g/mol. The van der Waals surface area contributed by atoms with E-state index in [4.69, 9.17) is 24.9 Å². The van der Waals surface area contributed by atoms with Gasteiger partial charge in [-0.2, -0.15) is 5.26 Å². The Morgan fingerprint density at radius 2 is 0.597 bits per heavy atom. The summed E-state index contributed by atoms with van der Waals surface area (Å²) in [5.74, 6) is 2.42. The fraction of sp³-hybridized carbons (Fsp3) is 0. The second kappa shape index (κ2) is 16.9. The van der Waals surface area contributed by atoms with Crippen LogP contribution >= 0.6 is 0 Å². The predicted molar refractivity (Wildman–Crippen MR) is 249 cm³/mol. The Morgan fingerprint density at radius 1 is 0.258 bits per heavy atom. The quantitative estimate of drug-likeness (QED) is 0.145. The van der Waals surface area contributed by atoms with Crippen molar-refractivity contribution in [2.45, 2.75) is 0 Å². The van der Waals surface area contributed by atoms with Crippen molar-refractivity contribution >= 4 is 0 Å². The maximum Gasteiger partial charge on any atom is 0.164 e. The summed E-state index contributed by atoms with van der Waals surface area (Å²) in [7, 11) is 0. The molecule has 0 aliphatic heterocycles. The molecule has 0 unspecified atom stereocenters. The maximum absolute atomic E-state index is 9.73. The lowest BCUT2D eigenvalue weighted by Crippen LogP contribution is -2.01. The molecule has 10 aromatic rings. The third kappa shape index (κ3) is 7.54. The molecule has 0 bridgehead atoms. The van der Waals surface area contributed by atoms with Crippen molar-refractivity contribution in [1.29, 1.82) is 5.26 Å². The van der Waals surface area contributed by atoms with E-state index in [0.717, 1.165) is 78.1 Å². The minimum absolute atomic E-state index is 0.586. The van der Waals surface area contributed by atoms with Gasteiger partial charge in [-0.15, -0.1) is 0 Å². The van der Waals surface area contributed by atoms with E-state index in [1.165, 1.54) is 0 Å². The Hall–Kier alpha value is -8.66. The molecular formula is C56H36N6. The largest absolute Gasteiger partial charge is 0.228 e. The summed E-state index contributed by atoms with van der Waals surface area (Å²) >= 11 is 0. The SMILES string of the molecule is N#Cc1cccc(-c2ccccc2-c2cc(-c3ccccc3-c3ccccc3-c3ccccc3-c3nc(-c4ccccc4)nc(-c4ccccc4)n3)nc(-c3ccccc3)n2)c1. The number of aromatic nitrogens is 5. The number of hydrogen-bond donors (Lipinski definition) is 0. The Labute approximate surface area is 360 Å². The highest BCUT2D eigenvalue weighted by molar-refractivity contribution is 5.95. The van der Waals surface area contributed by atoms with Crippen LogP contribution in [0.1, 0.15) is 5.56 Å². The van der Waals surface area contributed by atoms with Gasteiger partial charge in [0.15, 0.2) is 23.3 Å². The van der Waals surface area contributed by atoms with Gasteiger partial charge in [0.1, 0.15) is 0 Å². The average molecular weight is 793 g/mol. The predicted octanol–water partition coefficient (Wildman–Crippen LogP) is 13.5. The van der Waals surface area contributed by atoms with Crippen molar-refractivity contribution in [2.24, 2.45) is 0 Å². The first kappa shape index (κ1) is 37.6. The van der Waals surface area contributed by atoms with Gasteiger partial charge in [-0.1, -0.05) is 200 Å². The van der Waals surface area contributed by atoms with E-state index < -0.39 is 0 Å². The minimum Gasteiger partial charge on any atom is -0.228 e. The lowest BCUT2D eigenvalue weighted by Gasteiger charge is -2.18. The normalized spacial score (nSPS) is 10.9. The summed E-state index contributed by atoms with van der Waals surface area (Å²) in [4.78, 5) is 25.7. The van der Waals surface area contributed by atoms with E-state index in [0.29, 0.717) is 28.9 Å². The van der Waals surface area contributed by atoms with Gasteiger partial charge in [-0.25, -0.2) is 24.9 Å². The molecule has 8 aromatic carbocycles. The highest BCUT2D eigenvalue weighted by Gasteiger charge is 2.21. The van der Waals surface area contributed by atoms with Crippen LogP contribution in [-0.2, 0) is 0 Å². The Kier molecular flexibility index (Phi) is 10.3. The molecule has 0 aliphatic rings. The van der Waals surface area contributed by atoms with Crippen LogP contribution in [0.15, 0.2) is 218 Å². The molecule has 0 saturated carbocycles. The Bertz CT molecular complexity index is 3190. The summed E-state index contributed by atoms with van der Waals surface area (Å²) in [5.41, 5.74) is 13.7. The van der Waals surface area contributed by atoms with Gasteiger partial charge in [0, 0.05) is 33.4 Å². The van der Waals surface area contributed by atoms with Crippen molar-refractivity contribution in [3.05, 3.63) is 224 Å². The second-order valence-corrected chi connectivity index (χ2v) is 14.7. The van der Waals surface area contributed by atoms with Crippen molar-refractivity contribution in [3.8, 4) is 108 Å². The van der Waals surface area contributed by atoms with Crippen LogP contribution in [0.2, 0.25) is 0 Å². The van der Waals surface area contributed by atoms with Crippen LogP contribution in [0.5, 0.6) is 0 Å². The van der Waals surface area contributed by atoms with Gasteiger partial charge in [0.2, 0.25) is 0 Å². The van der Waals surface area contributed by atoms with Crippen molar-refractivity contribution in [2.75, 3.05) is 0 Å². The van der Waals surface area contributed by atoms with Crippen LogP contribution in [0, 0.1) is 11.3 Å². The topological polar surface area (TPSA) is 88.2 Å². The highest BCUT2D eigenvalue weighted by Crippen LogP contribution is 2.42. The van der Waals surface area contributed by atoms with Crippen LogP contribution in [-0.4, -0.2) is 24.9 Å². The molecule has 6 heteroatoms.